The quantitative estimate of drug-likeness (QED) is 0.588. The summed E-state index contributed by atoms with van der Waals surface area (Å²) in [7, 11) is 0. The van der Waals surface area contributed by atoms with E-state index in [1.807, 2.05) is 6.07 Å². The highest BCUT2D eigenvalue weighted by Gasteiger charge is 2.21. The highest BCUT2D eigenvalue weighted by Crippen LogP contribution is 2.31. The van der Waals surface area contributed by atoms with Crippen LogP contribution < -0.4 is 16.3 Å². The third-order valence-corrected chi connectivity index (χ3v) is 3.67. The van der Waals surface area contributed by atoms with Crippen LogP contribution in [0.15, 0.2) is 0 Å². The van der Waals surface area contributed by atoms with Crippen molar-refractivity contribution in [2.24, 2.45) is 16.9 Å². The smallest absolute Gasteiger partial charge is 0.222 e. The fourth-order valence-electron chi connectivity index (χ4n) is 0.680. The molecule has 0 bridgehead atoms. The second kappa shape index (κ2) is 5.42. The zero-order valence-electron chi connectivity index (χ0n) is 8.23. The molecule has 0 aliphatic rings. The Hall–Kier alpha value is -0.470. The molecule has 0 saturated carbocycles. The molecule has 0 aliphatic heterocycles. The van der Waals surface area contributed by atoms with Gasteiger partial charge in [0.25, 0.3) is 0 Å². The Morgan fingerprint density at radius 2 is 2.14 bits per heavy atom. The molecule has 0 aliphatic carbocycles. The van der Waals surface area contributed by atoms with Gasteiger partial charge in [-0.1, -0.05) is 25.7 Å². The summed E-state index contributed by atoms with van der Waals surface area (Å²) in [5, 5.41) is 11.3. The van der Waals surface area contributed by atoms with Crippen molar-refractivity contribution < 1.29 is 4.79 Å². The second-order valence-corrected chi connectivity index (χ2v) is 7.36. The minimum Gasteiger partial charge on any atom is -0.354 e. The molecule has 0 radical (unpaired) electrons. The standard InChI is InChI=1S/C7H15N4OPS/c1-5(2)7(12)11-4-6(3-8)13(9,10)14/h5-6H,4H2,1-2H3,(H,11,12)(H4,9,10,14). The van der Waals surface area contributed by atoms with Crippen LogP contribution >= 0.6 is 6.34 Å². The molecule has 5 nitrogen and oxygen atoms in total. The summed E-state index contributed by atoms with van der Waals surface area (Å²) >= 11 is 4.82. The Morgan fingerprint density at radius 3 is 2.43 bits per heavy atom. The highest BCUT2D eigenvalue weighted by molar-refractivity contribution is 8.12. The number of carbonyl (C=O) groups is 1. The maximum atomic E-state index is 11.2. The fourth-order valence-corrected chi connectivity index (χ4v) is 1.60. The van der Waals surface area contributed by atoms with Gasteiger partial charge >= 0.3 is 0 Å². The number of nitrogens with one attached hydrogen (secondary N) is 1. The van der Waals surface area contributed by atoms with E-state index in [-0.39, 0.29) is 18.4 Å². The third-order valence-electron chi connectivity index (χ3n) is 1.63. The molecule has 0 aromatic rings. The van der Waals surface area contributed by atoms with Gasteiger partial charge in [-0.2, -0.15) is 5.26 Å². The van der Waals surface area contributed by atoms with E-state index in [0.717, 1.165) is 0 Å². The van der Waals surface area contributed by atoms with Gasteiger partial charge in [0.15, 0.2) is 0 Å². The lowest BCUT2D eigenvalue weighted by Gasteiger charge is -2.17. The maximum Gasteiger partial charge on any atom is 0.222 e. The fraction of sp³-hybridized carbons (Fsp3) is 0.714. The number of nitriles is 1. The van der Waals surface area contributed by atoms with Gasteiger partial charge in [-0.3, -0.25) is 15.8 Å². The van der Waals surface area contributed by atoms with E-state index in [1.54, 1.807) is 13.8 Å². The van der Waals surface area contributed by atoms with Crippen molar-refractivity contribution in [3.05, 3.63) is 0 Å². The molecular formula is C7H15N4OPS. The first-order valence-corrected chi connectivity index (χ1v) is 7.14. The summed E-state index contributed by atoms with van der Waals surface area (Å²) in [4.78, 5) is 11.2. The summed E-state index contributed by atoms with van der Waals surface area (Å²) in [5.74, 6) is -0.253. The average molecular weight is 234 g/mol. The lowest BCUT2D eigenvalue weighted by molar-refractivity contribution is -0.123. The largest absolute Gasteiger partial charge is 0.354 e. The van der Waals surface area contributed by atoms with Crippen LogP contribution in [0.3, 0.4) is 0 Å². The van der Waals surface area contributed by atoms with Gasteiger partial charge in [-0.25, -0.2) is 0 Å². The van der Waals surface area contributed by atoms with E-state index < -0.39 is 12.0 Å². The molecule has 0 heterocycles. The minimum absolute atomic E-state index is 0.122. The zero-order chi connectivity index (χ0) is 11.4. The molecule has 1 unspecified atom stereocenters. The van der Waals surface area contributed by atoms with Gasteiger partial charge < -0.3 is 5.32 Å². The first kappa shape index (κ1) is 13.5. The first-order chi connectivity index (χ1) is 6.29. The van der Waals surface area contributed by atoms with Crippen molar-refractivity contribution in [2.75, 3.05) is 6.54 Å². The molecule has 5 N–H and O–H groups in total. The van der Waals surface area contributed by atoms with E-state index in [0.29, 0.717) is 0 Å². The summed E-state index contributed by atoms with van der Waals surface area (Å²) in [5.41, 5.74) is 10.3. The zero-order valence-corrected chi connectivity index (χ0v) is 9.94. The Kier molecular flexibility index (Phi) is 5.24. The summed E-state index contributed by atoms with van der Waals surface area (Å²) in [6.45, 7) is 3.66. The van der Waals surface area contributed by atoms with E-state index >= 15 is 0 Å². The molecule has 80 valence electrons. The SMILES string of the molecule is CC(C)C(=O)NCC(C#N)P(N)(N)=S. The van der Waals surface area contributed by atoms with E-state index in [1.165, 1.54) is 0 Å². The summed E-state index contributed by atoms with van der Waals surface area (Å²) < 4.78 is 0. The van der Waals surface area contributed by atoms with Crippen molar-refractivity contribution in [3.8, 4) is 6.07 Å². The molecule has 0 spiro atoms. The molecule has 1 amide bonds. The number of carbonyl (C=O) groups excluding carboxylic acids is 1. The number of nitrogens with two attached hydrogens (primary N) is 2. The predicted molar refractivity (Wildman–Crippen MR) is 59.9 cm³/mol. The Balaban J connectivity index is 4.20. The minimum atomic E-state index is -2.60. The van der Waals surface area contributed by atoms with Crippen molar-refractivity contribution in [2.45, 2.75) is 19.5 Å². The molecule has 14 heavy (non-hydrogen) atoms. The van der Waals surface area contributed by atoms with Crippen LogP contribution in [0.4, 0.5) is 0 Å². The Labute approximate surface area is 88.9 Å². The average Bonchev–Trinajstić information content (AvgIpc) is 2.02. The van der Waals surface area contributed by atoms with Crippen molar-refractivity contribution in [1.82, 2.24) is 5.32 Å². The van der Waals surface area contributed by atoms with Crippen molar-refractivity contribution in [1.29, 1.82) is 5.26 Å². The van der Waals surface area contributed by atoms with Gasteiger partial charge in [0, 0.05) is 12.5 Å². The topological polar surface area (TPSA) is 105 Å². The van der Waals surface area contributed by atoms with Crippen LogP contribution in [-0.2, 0) is 16.6 Å². The third kappa shape index (κ3) is 4.68. The molecule has 1 atom stereocenters. The number of amides is 1. The first-order valence-electron chi connectivity index (χ1n) is 4.13. The molecule has 0 aromatic carbocycles. The summed E-state index contributed by atoms with van der Waals surface area (Å²) in [6.07, 6.45) is -2.60. The van der Waals surface area contributed by atoms with Gasteiger partial charge in [0.2, 0.25) is 5.91 Å². The van der Waals surface area contributed by atoms with Crippen LogP contribution in [0.1, 0.15) is 13.8 Å². The van der Waals surface area contributed by atoms with Gasteiger partial charge in [0.05, 0.1) is 12.4 Å². The Bertz CT molecular complexity index is 293. The number of nitrogens with zero attached hydrogens (tertiary/aromatic N) is 1. The molecule has 0 saturated heterocycles. The van der Waals surface area contributed by atoms with Crippen LogP contribution in [-0.4, -0.2) is 18.1 Å². The second-order valence-electron chi connectivity index (χ2n) is 3.31. The van der Waals surface area contributed by atoms with Crippen LogP contribution in [0.2, 0.25) is 0 Å². The van der Waals surface area contributed by atoms with E-state index in [9.17, 15) is 4.79 Å². The maximum absolute atomic E-state index is 11.2. The monoisotopic (exact) mass is 234 g/mol. The molecule has 0 fully saturated rings. The van der Waals surface area contributed by atoms with E-state index in [4.69, 9.17) is 28.1 Å². The lowest BCUT2D eigenvalue weighted by atomic mass is 10.2. The van der Waals surface area contributed by atoms with Crippen LogP contribution in [0, 0.1) is 17.2 Å². The lowest BCUT2D eigenvalue weighted by Crippen LogP contribution is -2.36. The van der Waals surface area contributed by atoms with Crippen molar-refractivity contribution in [3.63, 3.8) is 0 Å². The number of rotatable bonds is 4. The number of hydrogen-bond donors (Lipinski definition) is 3. The number of hydrogen-bond acceptors (Lipinski definition) is 3. The normalized spacial score (nSPS) is 13.4. The van der Waals surface area contributed by atoms with Crippen LogP contribution in [0.5, 0.6) is 0 Å². The molecule has 0 rings (SSSR count). The van der Waals surface area contributed by atoms with Gasteiger partial charge in [-0.05, 0) is 0 Å². The predicted octanol–water partition coefficient (Wildman–Crippen LogP) is -0.122. The van der Waals surface area contributed by atoms with Gasteiger partial charge in [0.1, 0.15) is 5.66 Å². The molecule has 7 heteroatoms. The van der Waals surface area contributed by atoms with Crippen molar-refractivity contribution >= 4 is 24.1 Å². The van der Waals surface area contributed by atoms with E-state index in [2.05, 4.69) is 5.32 Å². The molecular weight excluding hydrogens is 219 g/mol. The van der Waals surface area contributed by atoms with Crippen LogP contribution in [0.25, 0.3) is 0 Å². The molecule has 0 aromatic heterocycles. The van der Waals surface area contributed by atoms with Gasteiger partial charge in [-0.15, -0.1) is 0 Å². The highest BCUT2D eigenvalue weighted by atomic mass is 32.4. The Morgan fingerprint density at radius 1 is 1.64 bits per heavy atom. The summed E-state index contributed by atoms with van der Waals surface area (Å²) in [6, 6.07) is 1.92.